The van der Waals surface area contributed by atoms with Crippen LogP contribution in [-0.4, -0.2) is 14.8 Å². The highest BCUT2D eigenvalue weighted by molar-refractivity contribution is 6.29. The molecule has 0 aliphatic rings. The Labute approximate surface area is 107 Å². The van der Waals surface area contributed by atoms with Crippen molar-refractivity contribution in [2.75, 3.05) is 0 Å². The molecule has 0 spiro atoms. The summed E-state index contributed by atoms with van der Waals surface area (Å²) in [7, 11) is 0. The maximum absolute atomic E-state index is 5.97. The van der Waals surface area contributed by atoms with Gasteiger partial charge in [-0.25, -0.2) is 9.67 Å². The van der Waals surface area contributed by atoms with E-state index in [2.05, 4.69) is 39.6 Å². The third-order valence-electron chi connectivity index (χ3n) is 2.72. The van der Waals surface area contributed by atoms with Crippen LogP contribution >= 0.6 is 11.6 Å². The monoisotopic (exact) mass is 251 g/mol. The normalized spacial score (nSPS) is 12.6. The maximum Gasteiger partial charge on any atom is 0.160 e. The van der Waals surface area contributed by atoms with E-state index in [1.807, 2.05) is 16.8 Å². The lowest BCUT2D eigenvalue weighted by Crippen LogP contribution is -2.13. The maximum atomic E-state index is 5.97. The van der Waals surface area contributed by atoms with Crippen LogP contribution in [0.1, 0.15) is 46.4 Å². The Morgan fingerprint density at radius 1 is 1.24 bits per heavy atom. The molecule has 3 nitrogen and oxygen atoms in total. The highest BCUT2D eigenvalue weighted by Crippen LogP contribution is 2.30. The second-order valence-corrected chi connectivity index (χ2v) is 6.03. The molecule has 2 aromatic rings. The summed E-state index contributed by atoms with van der Waals surface area (Å²) in [6.45, 7) is 10.7. The molecule has 4 heteroatoms. The lowest BCUT2D eigenvalue weighted by Gasteiger charge is -2.15. The number of aromatic nitrogens is 3. The molecule has 0 saturated carbocycles. The molecule has 2 aromatic heterocycles. The van der Waals surface area contributed by atoms with Crippen molar-refractivity contribution in [3.8, 4) is 0 Å². The third-order valence-corrected chi connectivity index (χ3v) is 2.93. The summed E-state index contributed by atoms with van der Waals surface area (Å²) in [4.78, 5) is 4.40. The van der Waals surface area contributed by atoms with Crippen LogP contribution in [0.15, 0.2) is 12.1 Å². The van der Waals surface area contributed by atoms with Gasteiger partial charge in [0, 0.05) is 16.8 Å². The molecule has 0 unspecified atom stereocenters. The molecule has 0 radical (unpaired) electrons. The number of rotatable bonds is 1. The number of fused-ring (bicyclic) bond motifs is 1. The molecule has 0 bridgehead atoms. The van der Waals surface area contributed by atoms with Crippen molar-refractivity contribution < 1.29 is 0 Å². The summed E-state index contributed by atoms with van der Waals surface area (Å²) < 4.78 is 1.95. The van der Waals surface area contributed by atoms with Gasteiger partial charge in [0.05, 0.1) is 5.69 Å². The van der Waals surface area contributed by atoms with Crippen LogP contribution in [0.3, 0.4) is 0 Å². The molecule has 92 valence electrons. The zero-order valence-electron chi connectivity index (χ0n) is 11.0. The molecule has 0 saturated heterocycles. The van der Waals surface area contributed by atoms with Gasteiger partial charge in [-0.3, -0.25) is 0 Å². The van der Waals surface area contributed by atoms with E-state index in [1.165, 1.54) is 0 Å². The van der Waals surface area contributed by atoms with E-state index in [0.29, 0.717) is 5.15 Å². The van der Waals surface area contributed by atoms with Crippen LogP contribution in [0.4, 0.5) is 0 Å². The predicted octanol–water partition coefficient (Wildman–Crippen LogP) is 3.96. The number of hydrogen-bond acceptors (Lipinski definition) is 2. The second kappa shape index (κ2) is 3.98. The van der Waals surface area contributed by atoms with Gasteiger partial charge in [0.1, 0.15) is 5.15 Å². The second-order valence-electron chi connectivity index (χ2n) is 5.64. The third kappa shape index (κ3) is 2.16. The number of pyridine rings is 1. The van der Waals surface area contributed by atoms with E-state index in [1.54, 1.807) is 0 Å². The van der Waals surface area contributed by atoms with E-state index in [9.17, 15) is 0 Å². The number of nitrogens with zero attached hydrogens (tertiary/aromatic N) is 3. The smallest absolute Gasteiger partial charge is 0.160 e. The van der Waals surface area contributed by atoms with Crippen LogP contribution in [0.5, 0.6) is 0 Å². The fraction of sp³-hybridized carbons (Fsp3) is 0.538. The zero-order valence-corrected chi connectivity index (χ0v) is 11.7. The Morgan fingerprint density at radius 3 is 2.41 bits per heavy atom. The minimum atomic E-state index is 0.00784. The molecule has 0 aliphatic carbocycles. The Morgan fingerprint density at radius 2 is 1.88 bits per heavy atom. The molecule has 0 fully saturated rings. The highest BCUT2D eigenvalue weighted by Gasteiger charge is 2.23. The Bertz CT molecular complexity index is 550. The fourth-order valence-corrected chi connectivity index (χ4v) is 2.05. The zero-order chi connectivity index (χ0) is 12.8. The van der Waals surface area contributed by atoms with Crippen molar-refractivity contribution in [2.24, 2.45) is 0 Å². The van der Waals surface area contributed by atoms with Crippen molar-refractivity contribution >= 4 is 22.6 Å². The average Bonchev–Trinajstić information content (AvgIpc) is 2.55. The minimum absolute atomic E-state index is 0.00784. The van der Waals surface area contributed by atoms with Gasteiger partial charge in [0.2, 0.25) is 0 Å². The summed E-state index contributed by atoms with van der Waals surface area (Å²) in [6, 6.07) is 4.11. The van der Waals surface area contributed by atoms with E-state index < -0.39 is 0 Å². The summed E-state index contributed by atoms with van der Waals surface area (Å²) in [5.41, 5.74) is 1.95. The van der Waals surface area contributed by atoms with Gasteiger partial charge in [0.25, 0.3) is 0 Å². The minimum Gasteiger partial charge on any atom is -0.244 e. The first-order chi connectivity index (χ1) is 7.80. The molecule has 0 amide bonds. The highest BCUT2D eigenvalue weighted by atomic mass is 35.5. The molecule has 17 heavy (non-hydrogen) atoms. The lowest BCUT2D eigenvalue weighted by atomic mass is 9.90. The fourth-order valence-electron chi connectivity index (χ4n) is 1.91. The largest absolute Gasteiger partial charge is 0.244 e. The Balaban J connectivity index is 2.80. The predicted molar refractivity (Wildman–Crippen MR) is 71.6 cm³/mol. The van der Waals surface area contributed by atoms with Crippen LogP contribution < -0.4 is 0 Å². The van der Waals surface area contributed by atoms with E-state index >= 15 is 0 Å². The van der Waals surface area contributed by atoms with Gasteiger partial charge in [0.15, 0.2) is 5.65 Å². The molecule has 2 rings (SSSR count). The number of halogens is 1. The lowest BCUT2D eigenvalue weighted by molar-refractivity contribution is 0.503. The summed E-state index contributed by atoms with van der Waals surface area (Å²) in [5.74, 6) is 0. The van der Waals surface area contributed by atoms with Gasteiger partial charge in [-0.1, -0.05) is 32.4 Å². The Hall–Kier alpha value is -1.09. The van der Waals surface area contributed by atoms with E-state index in [4.69, 9.17) is 16.7 Å². The van der Waals surface area contributed by atoms with Crippen LogP contribution in [0, 0.1) is 0 Å². The van der Waals surface area contributed by atoms with E-state index in [0.717, 1.165) is 16.7 Å². The van der Waals surface area contributed by atoms with Gasteiger partial charge in [-0.15, -0.1) is 0 Å². The quantitative estimate of drug-likeness (QED) is 0.718. The van der Waals surface area contributed by atoms with Crippen LogP contribution in [0.25, 0.3) is 11.0 Å². The molecule has 0 atom stereocenters. The SMILES string of the molecule is CC(C)n1nc(C(C)(C)C)c2ccc(Cl)nc21. The molecule has 0 N–H and O–H groups in total. The summed E-state index contributed by atoms with van der Waals surface area (Å²) in [6.07, 6.45) is 0. The molecule has 0 aromatic carbocycles. The topological polar surface area (TPSA) is 30.7 Å². The first-order valence-electron chi connectivity index (χ1n) is 5.86. The standard InChI is InChI=1S/C13H18ClN3/c1-8(2)17-12-9(6-7-10(14)15-12)11(16-17)13(3,4)5/h6-8H,1-5H3. The van der Waals surface area contributed by atoms with Crippen molar-refractivity contribution in [3.63, 3.8) is 0 Å². The first kappa shape index (κ1) is 12.4. The molecule has 0 aliphatic heterocycles. The first-order valence-corrected chi connectivity index (χ1v) is 6.23. The van der Waals surface area contributed by atoms with Gasteiger partial charge in [-0.05, 0) is 26.0 Å². The van der Waals surface area contributed by atoms with Gasteiger partial charge >= 0.3 is 0 Å². The van der Waals surface area contributed by atoms with Crippen molar-refractivity contribution in [2.45, 2.75) is 46.1 Å². The number of hydrogen-bond donors (Lipinski definition) is 0. The summed E-state index contributed by atoms with van der Waals surface area (Å²) >= 11 is 5.97. The molecule has 2 heterocycles. The van der Waals surface area contributed by atoms with Crippen molar-refractivity contribution in [1.29, 1.82) is 0 Å². The van der Waals surface area contributed by atoms with E-state index in [-0.39, 0.29) is 11.5 Å². The van der Waals surface area contributed by atoms with Gasteiger partial charge in [-0.2, -0.15) is 5.10 Å². The summed E-state index contributed by atoms with van der Waals surface area (Å²) in [5, 5.41) is 6.30. The molecular formula is C13H18ClN3. The average molecular weight is 252 g/mol. The van der Waals surface area contributed by atoms with Crippen molar-refractivity contribution in [1.82, 2.24) is 14.8 Å². The van der Waals surface area contributed by atoms with Crippen molar-refractivity contribution in [3.05, 3.63) is 23.0 Å². The van der Waals surface area contributed by atoms with Crippen LogP contribution in [-0.2, 0) is 5.41 Å². The molecular weight excluding hydrogens is 234 g/mol. The van der Waals surface area contributed by atoms with Gasteiger partial charge < -0.3 is 0 Å². The van der Waals surface area contributed by atoms with Crippen LogP contribution in [0.2, 0.25) is 5.15 Å². The Kier molecular flexibility index (Phi) is 2.90.